The third-order valence-corrected chi connectivity index (χ3v) is 8.28. The second kappa shape index (κ2) is 6.18. The smallest absolute Gasteiger partial charge is 0.268 e. The minimum atomic E-state index is -1.85. The maximum absolute atomic E-state index is 6.07. The summed E-state index contributed by atoms with van der Waals surface area (Å²) in [7, 11) is -1.93. The van der Waals surface area contributed by atoms with Crippen molar-refractivity contribution in [1.29, 1.82) is 0 Å². The molecule has 0 unspecified atom stereocenters. The molecule has 3 nitrogen and oxygen atoms in total. The molecule has 0 rings (SSSR count). The van der Waals surface area contributed by atoms with Crippen LogP contribution >= 0.6 is 0 Å². The highest BCUT2D eigenvalue weighted by Gasteiger charge is 2.39. The maximum Gasteiger partial charge on any atom is 0.268 e. The van der Waals surface area contributed by atoms with E-state index in [-0.39, 0.29) is 5.04 Å². The summed E-state index contributed by atoms with van der Waals surface area (Å²) < 4.78 is 17.1. The van der Waals surface area contributed by atoms with Gasteiger partial charge < -0.3 is 13.6 Å². The van der Waals surface area contributed by atoms with Crippen LogP contribution in [0.3, 0.4) is 0 Å². The molecule has 0 atom stereocenters. The molecule has 0 aromatic rings. The van der Waals surface area contributed by atoms with Crippen molar-refractivity contribution in [1.82, 2.24) is 0 Å². The minimum absolute atomic E-state index is 0.149. The molecular formula is C14H30O3Si2. The van der Waals surface area contributed by atoms with Crippen molar-refractivity contribution in [2.75, 3.05) is 7.11 Å². The number of hydrogen-bond donors (Lipinski definition) is 0. The van der Waals surface area contributed by atoms with E-state index >= 15 is 0 Å². The topological polar surface area (TPSA) is 27.7 Å². The summed E-state index contributed by atoms with van der Waals surface area (Å²) in [5.41, 5.74) is 0. The second-order valence-corrected chi connectivity index (χ2v) is 16.4. The van der Waals surface area contributed by atoms with Gasteiger partial charge in [0.15, 0.2) is 0 Å². The molecule has 0 N–H and O–H groups in total. The van der Waals surface area contributed by atoms with Crippen LogP contribution in [0.1, 0.15) is 20.8 Å². The van der Waals surface area contributed by atoms with Gasteiger partial charge in [0.1, 0.15) is 5.76 Å². The molecule has 0 bridgehead atoms. The fraction of sp³-hybridized carbons (Fsp3) is 0.714. The monoisotopic (exact) mass is 302 g/mol. The Hall–Kier alpha value is -0.686. The van der Waals surface area contributed by atoms with Gasteiger partial charge in [-0.05, 0) is 37.8 Å². The molecule has 112 valence electrons. The Labute approximate surface area is 120 Å². The summed E-state index contributed by atoms with van der Waals surface area (Å²) in [6.07, 6.45) is 1.75. The zero-order valence-electron chi connectivity index (χ0n) is 14.0. The normalized spacial score (nSPS) is 14.1. The highest BCUT2D eigenvalue weighted by Crippen LogP contribution is 2.37. The van der Waals surface area contributed by atoms with Crippen LogP contribution in [0.15, 0.2) is 24.4 Å². The fourth-order valence-corrected chi connectivity index (χ4v) is 2.84. The summed E-state index contributed by atoms with van der Waals surface area (Å²) in [4.78, 5) is 0. The van der Waals surface area contributed by atoms with Crippen molar-refractivity contribution in [3.05, 3.63) is 24.4 Å². The van der Waals surface area contributed by atoms with E-state index in [1.807, 2.05) is 0 Å². The maximum atomic E-state index is 6.07. The number of allylic oxidation sites excluding steroid dienone is 1. The molecule has 5 heteroatoms. The van der Waals surface area contributed by atoms with Crippen LogP contribution in [0, 0.1) is 0 Å². The average Bonchev–Trinajstić information content (AvgIpc) is 2.11. The summed E-state index contributed by atoms with van der Waals surface area (Å²) >= 11 is 0. The summed E-state index contributed by atoms with van der Waals surface area (Å²) in [5.74, 6) is 1.10. The van der Waals surface area contributed by atoms with E-state index in [9.17, 15) is 0 Å². The van der Waals surface area contributed by atoms with Crippen LogP contribution in [0.4, 0.5) is 0 Å². The molecule has 19 heavy (non-hydrogen) atoms. The summed E-state index contributed by atoms with van der Waals surface area (Å²) in [6, 6.07) is 0. The number of rotatable bonds is 6. The van der Waals surface area contributed by atoms with Gasteiger partial charge in [0.25, 0.3) is 5.95 Å². The van der Waals surface area contributed by atoms with Gasteiger partial charge in [-0.25, -0.2) is 0 Å². The van der Waals surface area contributed by atoms with Gasteiger partial charge in [-0.15, -0.1) is 0 Å². The fourth-order valence-electron chi connectivity index (χ4n) is 1.07. The summed E-state index contributed by atoms with van der Waals surface area (Å²) in [6.45, 7) is 21.3. The first-order chi connectivity index (χ1) is 8.28. The molecule has 0 amide bonds. The van der Waals surface area contributed by atoms with Crippen LogP contribution in [-0.4, -0.2) is 23.7 Å². The molecule has 0 heterocycles. The molecule has 0 saturated heterocycles. The second-order valence-electron chi connectivity index (χ2n) is 7.21. The van der Waals surface area contributed by atoms with Crippen LogP contribution in [-0.2, 0) is 13.6 Å². The lowest BCUT2D eigenvalue weighted by molar-refractivity contribution is 0.145. The molecule has 0 aliphatic rings. The Morgan fingerprint density at radius 2 is 1.47 bits per heavy atom. The molecule has 0 aliphatic heterocycles. The molecule has 0 fully saturated rings. The molecule has 0 aliphatic carbocycles. The highest BCUT2D eigenvalue weighted by atomic mass is 28.4. The average molecular weight is 303 g/mol. The quantitative estimate of drug-likeness (QED) is 0.398. The SMILES string of the molecule is C=C(/C=C(\OC)O[Si](C)(C)C)O[Si](C)(C)C(C)(C)C. The Balaban J connectivity index is 4.85. The van der Waals surface area contributed by atoms with E-state index in [0.29, 0.717) is 11.7 Å². The van der Waals surface area contributed by atoms with E-state index < -0.39 is 16.6 Å². The van der Waals surface area contributed by atoms with Gasteiger partial charge in [0.05, 0.1) is 13.2 Å². The van der Waals surface area contributed by atoms with E-state index in [4.69, 9.17) is 13.6 Å². The minimum Gasteiger partial charge on any atom is -0.544 e. The van der Waals surface area contributed by atoms with E-state index in [1.54, 1.807) is 13.2 Å². The van der Waals surface area contributed by atoms with E-state index in [2.05, 4.69) is 60.1 Å². The van der Waals surface area contributed by atoms with Crippen LogP contribution < -0.4 is 0 Å². The molecule has 0 saturated carbocycles. The predicted molar refractivity (Wildman–Crippen MR) is 86.9 cm³/mol. The third-order valence-electron chi connectivity index (χ3n) is 3.08. The Bertz CT molecular complexity index is 347. The van der Waals surface area contributed by atoms with Crippen LogP contribution in [0.2, 0.25) is 37.8 Å². The van der Waals surface area contributed by atoms with Crippen molar-refractivity contribution >= 4 is 16.6 Å². The Morgan fingerprint density at radius 1 is 1.00 bits per heavy atom. The first-order valence-electron chi connectivity index (χ1n) is 6.61. The van der Waals surface area contributed by atoms with Crippen molar-refractivity contribution in [2.45, 2.75) is 58.5 Å². The van der Waals surface area contributed by atoms with Gasteiger partial charge >= 0.3 is 0 Å². The number of ether oxygens (including phenoxy) is 1. The molecular weight excluding hydrogens is 272 g/mol. The highest BCUT2D eigenvalue weighted by molar-refractivity contribution is 6.74. The zero-order chi connectivity index (χ0) is 15.5. The van der Waals surface area contributed by atoms with Crippen molar-refractivity contribution in [3.63, 3.8) is 0 Å². The largest absolute Gasteiger partial charge is 0.544 e. The first kappa shape index (κ1) is 18.3. The number of methoxy groups -OCH3 is 1. The van der Waals surface area contributed by atoms with Gasteiger partial charge in [0.2, 0.25) is 16.6 Å². The standard InChI is InChI=1S/C14H30O3Si2/c1-12(16-19(9,10)14(2,3)4)11-13(15-5)17-18(6,7)8/h11H,1H2,2-10H3/b13-11+. The third kappa shape index (κ3) is 6.87. The molecule has 0 radical (unpaired) electrons. The van der Waals surface area contributed by atoms with Crippen LogP contribution in [0.25, 0.3) is 0 Å². The lowest BCUT2D eigenvalue weighted by Gasteiger charge is -2.36. The van der Waals surface area contributed by atoms with Gasteiger partial charge in [-0.1, -0.05) is 27.4 Å². The van der Waals surface area contributed by atoms with Gasteiger partial charge in [-0.2, -0.15) is 0 Å². The molecule has 0 aromatic heterocycles. The Kier molecular flexibility index (Phi) is 5.95. The molecule has 0 aromatic carbocycles. The predicted octanol–water partition coefficient (Wildman–Crippen LogP) is 4.86. The van der Waals surface area contributed by atoms with E-state index in [1.165, 1.54) is 0 Å². The lowest BCUT2D eigenvalue weighted by Crippen LogP contribution is -2.40. The van der Waals surface area contributed by atoms with Crippen LogP contribution in [0.5, 0.6) is 0 Å². The number of hydrogen-bond acceptors (Lipinski definition) is 3. The Morgan fingerprint density at radius 3 is 1.79 bits per heavy atom. The van der Waals surface area contributed by atoms with Crippen molar-refractivity contribution in [2.24, 2.45) is 0 Å². The van der Waals surface area contributed by atoms with Gasteiger partial charge in [-0.3, -0.25) is 0 Å². The van der Waals surface area contributed by atoms with E-state index in [0.717, 1.165) is 0 Å². The summed E-state index contributed by atoms with van der Waals surface area (Å²) in [5, 5.41) is 0.149. The lowest BCUT2D eigenvalue weighted by atomic mass is 10.2. The zero-order valence-corrected chi connectivity index (χ0v) is 16.0. The van der Waals surface area contributed by atoms with Crippen molar-refractivity contribution in [3.8, 4) is 0 Å². The van der Waals surface area contributed by atoms with Crippen molar-refractivity contribution < 1.29 is 13.6 Å². The molecule has 0 spiro atoms. The first-order valence-corrected chi connectivity index (χ1v) is 12.9. The van der Waals surface area contributed by atoms with Gasteiger partial charge in [0, 0.05) is 0 Å².